The highest BCUT2D eigenvalue weighted by molar-refractivity contribution is 5.93. The lowest BCUT2D eigenvalue weighted by Crippen LogP contribution is -2.31. The van der Waals surface area contributed by atoms with E-state index >= 15 is 0 Å². The van der Waals surface area contributed by atoms with Crippen LogP contribution in [0, 0.1) is 11.3 Å². The van der Waals surface area contributed by atoms with Gasteiger partial charge in [0.25, 0.3) is 0 Å². The normalized spacial score (nSPS) is 17.9. The second-order valence-electron chi connectivity index (χ2n) is 4.31. The molecule has 0 amide bonds. The maximum atomic E-state index is 11.5. The fourth-order valence-corrected chi connectivity index (χ4v) is 2.11. The van der Waals surface area contributed by atoms with Crippen LogP contribution in [0.5, 0.6) is 0 Å². The molecule has 1 fully saturated rings. The summed E-state index contributed by atoms with van der Waals surface area (Å²) in [6.45, 7) is 3.79. The van der Waals surface area contributed by atoms with E-state index in [1.54, 1.807) is 13.8 Å². The van der Waals surface area contributed by atoms with Crippen molar-refractivity contribution >= 4 is 5.97 Å². The van der Waals surface area contributed by atoms with Gasteiger partial charge in [-0.25, -0.2) is 4.79 Å². The third kappa shape index (κ3) is 4.10. The van der Waals surface area contributed by atoms with Gasteiger partial charge in [0.2, 0.25) is 0 Å². The molecule has 4 heteroatoms. The highest BCUT2D eigenvalue weighted by Gasteiger charge is 2.18. The number of carbonyl (C=O) groups excluding carboxylic acids is 1. The predicted molar refractivity (Wildman–Crippen MR) is 65.0 cm³/mol. The zero-order valence-corrected chi connectivity index (χ0v) is 10.6. The molecule has 0 aromatic rings. The minimum absolute atomic E-state index is 0.0948. The average molecular weight is 236 g/mol. The van der Waals surface area contributed by atoms with E-state index < -0.39 is 5.97 Å². The molecule has 0 radical (unpaired) electrons. The first kappa shape index (κ1) is 13.6. The van der Waals surface area contributed by atoms with Gasteiger partial charge in [-0.3, -0.25) is 0 Å². The van der Waals surface area contributed by atoms with E-state index in [1.165, 1.54) is 19.3 Å². The van der Waals surface area contributed by atoms with Gasteiger partial charge in [0.1, 0.15) is 6.07 Å². The Bertz CT molecular complexity index is 336. The first-order chi connectivity index (χ1) is 8.19. The molecule has 0 bridgehead atoms. The van der Waals surface area contributed by atoms with E-state index in [0.29, 0.717) is 18.3 Å². The van der Waals surface area contributed by atoms with Gasteiger partial charge in [0, 0.05) is 11.7 Å². The van der Waals surface area contributed by atoms with Crippen molar-refractivity contribution < 1.29 is 9.53 Å². The van der Waals surface area contributed by atoms with E-state index in [-0.39, 0.29) is 5.57 Å². The van der Waals surface area contributed by atoms with Crippen molar-refractivity contribution in [3.8, 4) is 6.07 Å². The summed E-state index contributed by atoms with van der Waals surface area (Å²) in [7, 11) is 0. The summed E-state index contributed by atoms with van der Waals surface area (Å²) < 4.78 is 4.85. The molecule has 1 saturated carbocycles. The van der Waals surface area contributed by atoms with Crippen LogP contribution in [-0.2, 0) is 9.53 Å². The summed E-state index contributed by atoms with van der Waals surface area (Å²) in [5.74, 6) is -0.532. The third-order valence-corrected chi connectivity index (χ3v) is 2.99. The quantitative estimate of drug-likeness (QED) is 0.462. The smallest absolute Gasteiger partial charge is 0.350 e. The molecule has 1 rings (SSSR count). The van der Waals surface area contributed by atoms with E-state index in [0.717, 1.165) is 12.8 Å². The molecule has 0 heterocycles. The summed E-state index contributed by atoms with van der Waals surface area (Å²) in [5, 5.41) is 12.2. The van der Waals surface area contributed by atoms with Gasteiger partial charge in [-0.05, 0) is 26.7 Å². The Hall–Kier alpha value is -1.50. The van der Waals surface area contributed by atoms with E-state index in [9.17, 15) is 4.79 Å². The Balaban J connectivity index is 2.65. The molecule has 4 nitrogen and oxygen atoms in total. The number of nitriles is 1. The van der Waals surface area contributed by atoms with Gasteiger partial charge in [-0.15, -0.1) is 0 Å². The molecule has 0 aromatic carbocycles. The van der Waals surface area contributed by atoms with Gasteiger partial charge >= 0.3 is 5.97 Å². The molecule has 1 N–H and O–H groups in total. The number of nitrogens with zero attached hydrogens (tertiary/aromatic N) is 1. The van der Waals surface area contributed by atoms with Crippen LogP contribution in [0.25, 0.3) is 0 Å². The summed E-state index contributed by atoms with van der Waals surface area (Å²) in [4.78, 5) is 11.5. The van der Waals surface area contributed by atoms with Crippen molar-refractivity contribution in [2.45, 2.75) is 52.0 Å². The van der Waals surface area contributed by atoms with E-state index in [1.807, 2.05) is 6.07 Å². The predicted octanol–water partition coefficient (Wildman–Crippen LogP) is 2.27. The molecule has 0 atom stereocenters. The minimum Gasteiger partial charge on any atom is -0.462 e. The number of nitrogens with one attached hydrogen (secondary N) is 1. The Labute approximate surface area is 103 Å². The van der Waals surface area contributed by atoms with Gasteiger partial charge in [-0.1, -0.05) is 19.3 Å². The Kier molecular flexibility index (Phi) is 5.55. The van der Waals surface area contributed by atoms with Crippen LogP contribution >= 0.6 is 0 Å². The molecule has 17 heavy (non-hydrogen) atoms. The first-order valence-corrected chi connectivity index (χ1v) is 6.23. The first-order valence-electron chi connectivity index (χ1n) is 6.23. The van der Waals surface area contributed by atoms with Gasteiger partial charge in [0.05, 0.1) is 6.61 Å². The van der Waals surface area contributed by atoms with Crippen LogP contribution in [0.1, 0.15) is 46.0 Å². The average Bonchev–Trinajstić information content (AvgIpc) is 2.31. The van der Waals surface area contributed by atoms with Crippen molar-refractivity contribution in [2.75, 3.05) is 6.61 Å². The maximum Gasteiger partial charge on any atom is 0.350 e. The van der Waals surface area contributed by atoms with Crippen LogP contribution < -0.4 is 5.32 Å². The molecule has 0 unspecified atom stereocenters. The minimum atomic E-state index is -0.532. The van der Waals surface area contributed by atoms with Crippen LogP contribution in [-0.4, -0.2) is 18.6 Å². The number of ether oxygens (including phenoxy) is 1. The second kappa shape index (κ2) is 6.95. The van der Waals surface area contributed by atoms with Gasteiger partial charge in [0.15, 0.2) is 5.57 Å². The van der Waals surface area contributed by atoms with Crippen LogP contribution in [0.4, 0.5) is 0 Å². The number of rotatable bonds is 4. The molecule has 1 aliphatic rings. The summed E-state index contributed by atoms with van der Waals surface area (Å²) in [6, 6.07) is 2.31. The highest BCUT2D eigenvalue weighted by Crippen LogP contribution is 2.19. The van der Waals surface area contributed by atoms with Crippen LogP contribution in [0.3, 0.4) is 0 Å². The fraction of sp³-hybridized carbons (Fsp3) is 0.692. The number of hydrogen-bond donors (Lipinski definition) is 1. The summed E-state index contributed by atoms with van der Waals surface area (Å²) in [5.41, 5.74) is 0.732. The van der Waals surface area contributed by atoms with Crippen molar-refractivity contribution in [2.24, 2.45) is 0 Å². The molecule has 0 aromatic heterocycles. The summed E-state index contributed by atoms with van der Waals surface area (Å²) >= 11 is 0. The monoisotopic (exact) mass is 236 g/mol. The zero-order chi connectivity index (χ0) is 12.7. The second-order valence-corrected chi connectivity index (χ2v) is 4.31. The number of esters is 1. The topological polar surface area (TPSA) is 62.1 Å². The molecular formula is C13H20N2O2. The van der Waals surface area contributed by atoms with Crippen molar-refractivity contribution in [1.82, 2.24) is 5.32 Å². The standard InChI is InChI=1S/C13H20N2O2/c1-3-17-13(16)12(9-14)10(2)15-11-7-5-4-6-8-11/h11,15H,3-8H2,1-2H3. The van der Waals surface area contributed by atoms with Crippen LogP contribution in [0.2, 0.25) is 0 Å². The number of hydrogen-bond acceptors (Lipinski definition) is 4. The molecular weight excluding hydrogens is 216 g/mol. The van der Waals surface area contributed by atoms with Crippen LogP contribution in [0.15, 0.2) is 11.3 Å². The zero-order valence-electron chi connectivity index (χ0n) is 10.6. The van der Waals surface area contributed by atoms with Gasteiger partial charge in [-0.2, -0.15) is 5.26 Å². The fourth-order valence-electron chi connectivity index (χ4n) is 2.11. The van der Waals surface area contributed by atoms with E-state index in [4.69, 9.17) is 10.00 Å². The summed E-state index contributed by atoms with van der Waals surface area (Å²) in [6.07, 6.45) is 5.93. The van der Waals surface area contributed by atoms with Crippen molar-refractivity contribution in [3.63, 3.8) is 0 Å². The maximum absolute atomic E-state index is 11.5. The van der Waals surface area contributed by atoms with Gasteiger partial charge < -0.3 is 10.1 Å². The lowest BCUT2D eigenvalue weighted by molar-refractivity contribution is -0.138. The number of allylic oxidation sites excluding steroid dienone is 1. The molecule has 0 aliphatic heterocycles. The molecule has 94 valence electrons. The molecule has 0 saturated heterocycles. The van der Waals surface area contributed by atoms with E-state index in [2.05, 4.69) is 5.32 Å². The highest BCUT2D eigenvalue weighted by atomic mass is 16.5. The third-order valence-electron chi connectivity index (χ3n) is 2.99. The lowest BCUT2D eigenvalue weighted by atomic mass is 9.95. The Morgan fingerprint density at radius 3 is 2.59 bits per heavy atom. The molecule has 1 aliphatic carbocycles. The Morgan fingerprint density at radius 2 is 2.06 bits per heavy atom. The van der Waals surface area contributed by atoms with Crippen molar-refractivity contribution in [3.05, 3.63) is 11.3 Å². The molecule has 0 spiro atoms. The number of carbonyl (C=O) groups is 1. The largest absolute Gasteiger partial charge is 0.462 e. The Morgan fingerprint density at radius 1 is 1.41 bits per heavy atom. The van der Waals surface area contributed by atoms with Crippen molar-refractivity contribution in [1.29, 1.82) is 5.26 Å². The lowest BCUT2D eigenvalue weighted by Gasteiger charge is -2.24. The SMILES string of the molecule is CCOC(=O)C(C#N)=C(C)NC1CCCCC1.